The predicted molar refractivity (Wildman–Crippen MR) is 75.3 cm³/mol. The molecule has 0 aliphatic carbocycles. The van der Waals surface area contributed by atoms with Crippen LogP contribution in [-0.2, 0) is 0 Å². The Hall–Kier alpha value is -2.68. The van der Waals surface area contributed by atoms with Crippen LogP contribution in [0, 0.1) is 0 Å². The third-order valence-electron chi connectivity index (χ3n) is 2.92. The zero-order valence-corrected chi connectivity index (χ0v) is 10.2. The number of hydrogen-bond acceptors (Lipinski definition) is 2. The van der Waals surface area contributed by atoms with Crippen molar-refractivity contribution in [3.63, 3.8) is 0 Å². The van der Waals surface area contributed by atoms with Crippen LogP contribution in [0.1, 0.15) is 0 Å². The lowest BCUT2D eigenvalue weighted by atomic mass is 10.2. The molecule has 3 heteroatoms. The summed E-state index contributed by atoms with van der Waals surface area (Å²) in [4.78, 5) is 16.7. The van der Waals surface area contributed by atoms with Crippen LogP contribution in [0.2, 0.25) is 0 Å². The molecule has 3 rings (SSSR count). The predicted octanol–water partition coefficient (Wildman–Crippen LogP) is 2.90. The first-order valence-electron chi connectivity index (χ1n) is 6.05. The number of nitrogens with zero attached hydrogens (tertiary/aromatic N) is 2. The average Bonchev–Trinajstić information content (AvgIpc) is 2.49. The van der Waals surface area contributed by atoms with Crippen molar-refractivity contribution in [1.29, 1.82) is 0 Å². The molecule has 3 aromatic rings. The molecule has 19 heavy (non-hydrogen) atoms. The molecule has 0 spiro atoms. The van der Waals surface area contributed by atoms with Crippen LogP contribution in [0.3, 0.4) is 0 Å². The Labute approximate surface area is 110 Å². The number of aromatic nitrogens is 2. The van der Waals surface area contributed by atoms with E-state index in [-0.39, 0.29) is 5.56 Å². The maximum Gasteiger partial charge on any atom is 0.264 e. The second-order valence-corrected chi connectivity index (χ2v) is 4.15. The molecule has 0 saturated heterocycles. The minimum Gasteiger partial charge on any atom is -0.284 e. The summed E-state index contributed by atoms with van der Waals surface area (Å²) in [5, 5.41) is 0. The van der Waals surface area contributed by atoms with Gasteiger partial charge in [-0.2, -0.15) is 0 Å². The molecule has 0 bridgehead atoms. The quantitative estimate of drug-likeness (QED) is 0.699. The van der Waals surface area contributed by atoms with Crippen LogP contribution in [0.15, 0.2) is 77.9 Å². The van der Waals surface area contributed by atoms with Crippen molar-refractivity contribution in [2.45, 2.75) is 0 Å². The molecule has 0 unspecified atom stereocenters. The SMILES string of the molecule is O=c1c(-c2ccccn2)cccn1-c1ccccc1. The van der Waals surface area contributed by atoms with E-state index in [1.54, 1.807) is 23.0 Å². The molecule has 0 radical (unpaired) electrons. The Bertz CT molecular complexity index is 673. The third kappa shape index (κ3) is 2.18. The Kier molecular flexibility index (Phi) is 2.94. The average molecular weight is 248 g/mol. The lowest BCUT2D eigenvalue weighted by molar-refractivity contribution is 0.991. The van der Waals surface area contributed by atoms with Crippen LogP contribution in [0.4, 0.5) is 0 Å². The number of benzene rings is 1. The molecule has 0 aliphatic heterocycles. The van der Waals surface area contributed by atoms with E-state index in [1.807, 2.05) is 54.6 Å². The highest BCUT2D eigenvalue weighted by atomic mass is 16.1. The Morgan fingerprint density at radius 2 is 1.63 bits per heavy atom. The van der Waals surface area contributed by atoms with Crippen molar-refractivity contribution in [3.05, 3.63) is 83.4 Å². The first-order chi connectivity index (χ1) is 9.36. The zero-order valence-electron chi connectivity index (χ0n) is 10.2. The van der Waals surface area contributed by atoms with Crippen LogP contribution >= 0.6 is 0 Å². The van der Waals surface area contributed by atoms with Gasteiger partial charge in [0.1, 0.15) is 0 Å². The minimum absolute atomic E-state index is 0.0626. The van der Waals surface area contributed by atoms with E-state index < -0.39 is 0 Å². The highest BCUT2D eigenvalue weighted by molar-refractivity contribution is 5.58. The minimum atomic E-state index is -0.0626. The summed E-state index contributed by atoms with van der Waals surface area (Å²) in [6.07, 6.45) is 3.46. The monoisotopic (exact) mass is 248 g/mol. The molecule has 1 aromatic carbocycles. The summed E-state index contributed by atoms with van der Waals surface area (Å²) in [7, 11) is 0. The Morgan fingerprint density at radius 3 is 2.37 bits per heavy atom. The summed E-state index contributed by atoms with van der Waals surface area (Å²) in [6, 6.07) is 18.8. The van der Waals surface area contributed by atoms with Gasteiger partial charge in [-0.3, -0.25) is 14.3 Å². The van der Waals surface area contributed by atoms with Gasteiger partial charge in [0.05, 0.1) is 11.3 Å². The maximum absolute atomic E-state index is 12.5. The summed E-state index contributed by atoms with van der Waals surface area (Å²) in [6.45, 7) is 0. The fourth-order valence-corrected chi connectivity index (χ4v) is 2.00. The van der Waals surface area contributed by atoms with Gasteiger partial charge in [-0.1, -0.05) is 24.3 Å². The molecule has 0 N–H and O–H groups in total. The number of para-hydroxylation sites is 1. The van der Waals surface area contributed by atoms with E-state index in [4.69, 9.17) is 0 Å². The van der Waals surface area contributed by atoms with E-state index in [9.17, 15) is 4.79 Å². The molecule has 0 aliphatic rings. The number of rotatable bonds is 2. The number of hydrogen-bond donors (Lipinski definition) is 0. The highest BCUT2D eigenvalue weighted by Crippen LogP contribution is 2.12. The van der Waals surface area contributed by atoms with Gasteiger partial charge in [0.2, 0.25) is 0 Å². The zero-order chi connectivity index (χ0) is 13.1. The van der Waals surface area contributed by atoms with Gasteiger partial charge in [-0.15, -0.1) is 0 Å². The van der Waals surface area contributed by atoms with Crippen molar-refractivity contribution in [2.75, 3.05) is 0 Å². The lowest BCUT2D eigenvalue weighted by Crippen LogP contribution is -2.19. The normalized spacial score (nSPS) is 10.3. The van der Waals surface area contributed by atoms with Crippen molar-refractivity contribution >= 4 is 0 Å². The van der Waals surface area contributed by atoms with Gasteiger partial charge in [0.15, 0.2) is 0 Å². The second-order valence-electron chi connectivity index (χ2n) is 4.15. The lowest BCUT2D eigenvalue weighted by Gasteiger charge is -2.07. The molecular weight excluding hydrogens is 236 g/mol. The Morgan fingerprint density at radius 1 is 0.842 bits per heavy atom. The molecule has 3 nitrogen and oxygen atoms in total. The summed E-state index contributed by atoms with van der Waals surface area (Å²) in [5.74, 6) is 0. The molecule has 0 saturated carbocycles. The van der Waals surface area contributed by atoms with Crippen molar-refractivity contribution in [2.24, 2.45) is 0 Å². The molecule has 0 fully saturated rings. The Balaban J connectivity index is 2.18. The topological polar surface area (TPSA) is 34.9 Å². The van der Waals surface area contributed by atoms with Crippen LogP contribution < -0.4 is 5.56 Å². The van der Waals surface area contributed by atoms with E-state index in [0.717, 1.165) is 5.69 Å². The largest absolute Gasteiger partial charge is 0.284 e. The van der Waals surface area contributed by atoms with Crippen molar-refractivity contribution in [1.82, 2.24) is 9.55 Å². The van der Waals surface area contributed by atoms with E-state index >= 15 is 0 Å². The van der Waals surface area contributed by atoms with Crippen molar-refractivity contribution in [3.8, 4) is 16.9 Å². The summed E-state index contributed by atoms with van der Waals surface area (Å²) in [5.41, 5.74) is 2.09. The van der Waals surface area contributed by atoms with Gasteiger partial charge >= 0.3 is 0 Å². The summed E-state index contributed by atoms with van der Waals surface area (Å²) >= 11 is 0. The third-order valence-corrected chi connectivity index (χ3v) is 2.92. The smallest absolute Gasteiger partial charge is 0.264 e. The van der Waals surface area contributed by atoms with Gasteiger partial charge in [-0.25, -0.2) is 0 Å². The van der Waals surface area contributed by atoms with E-state index in [2.05, 4.69) is 4.98 Å². The molecule has 2 heterocycles. The molecule has 2 aromatic heterocycles. The van der Waals surface area contributed by atoms with Gasteiger partial charge in [0.25, 0.3) is 5.56 Å². The maximum atomic E-state index is 12.5. The first kappa shape index (κ1) is 11.4. The highest BCUT2D eigenvalue weighted by Gasteiger charge is 2.07. The standard InChI is InChI=1S/C16H12N2O/c19-16-14(15-10-4-5-11-17-15)9-6-12-18(16)13-7-2-1-3-8-13/h1-12H. The molecule has 0 amide bonds. The van der Waals surface area contributed by atoms with Crippen LogP contribution in [-0.4, -0.2) is 9.55 Å². The summed E-state index contributed by atoms with van der Waals surface area (Å²) < 4.78 is 1.63. The van der Waals surface area contributed by atoms with Crippen LogP contribution in [0.5, 0.6) is 0 Å². The van der Waals surface area contributed by atoms with Crippen molar-refractivity contribution < 1.29 is 0 Å². The van der Waals surface area contributed by atoms with Gasteiger partial charge in [-0.05, 0) is 36.4 Å². The fourth-order valence-electron chi connectivity index (χ4n) is 2.00. The molecule has 92 valence electrons. The fraction of sp³-hybridized carbons (Fsp3) is 0. The van der Waals surface area contributed by atoms with E-state index in [1.165, 1.54) is 0 Å². The van der Waals surface area contributed by atoms with E-state index in [0.29, 0.717) is 11.3 Å². The molecular formula is C16H12N2O. The number of pyridine rings is 2. The van der Waals surface area contributed by atoms with Gasteiger partial charge in [0, 0.05) is 18.1 Å². The first-order valence-corrected chi connectivity index (χ1v) is 6.05. The van der Waals surface area contributed by atoms with Gasteiger partial charge < -0.3 is 0 Å². The molecule has 0 atom stereocenters. The van der Waals surface area contributed by atoms with Crippen LogP contribution in [0.25, 0.3) is 16.9 Å². The second kappa shape index (κ2) is 4.90.